The van der Waals surface area contributed by atoms with Crippen LogP contribution in [0.1, 0.15) is 37.1 Å². The molecule has 0 bridgehead atoms. The zero-order valence-electron chi connectivity index (χ0n) is 21.1. The van der Waals surface area contributed by atoms with E-state index in [1.165, 1.54) is 6.08 Å². The number of piperazine rings is 1. The zero-order chi connectivity index (χ0) is 25.6. The summed E-state index contributed by atoms with van der Waals surface area (Å²) in [5.74, 6) is 0.957. The molecule has 10 heteroatoms. The van der Waals surface area contributed by atoms with Gasteiger partial charge in [0, 0.05) is 68.4 Å². The second kappa shape index (κ2) is 9.61. The summed E-state index contributed by atoms with van der Waals surface area (Å²) in [4.78, 5) is 30.0. The first-order valence-corrected chi connectivity index (χ1v) is 12.8. The van der Waals surface area contributed by atoms with Gasteiger partial charge in [0.15, 0.2) is 5.82 Å². The highest BCUT2D eigenvalue weighted by Crippen LogP contribution is 2.44. The number of fused-ring (bicyclic) bond motifs is 1. The van der Waals surface area contributed by atoms with E-state index in [2.05, 4.69) is 33.3 Å². The molecule has 3 aromatic rings. The maximum Gasteiger partial charge on any atom is 0.245 e. The van der Waals surface area contributed by atoms with Crippen LogP contribution in [0, 0.1) is 13.8 Å². The lowest BCUT2D eigenvalue weighted by Crippen LogP contribution is -2.48. The second-order valence-electron chi connectivity index (χ2n) is 9.70. The smallest absolute Gasteiger partial charge is 0.245 e. The van der Waals surface area contributed by atoms with Crippen molar-refractivity contribution in [2.75, 3.05) is 44.2 Å². The molecule has 2 aromatic heterocycles. The molecule has 190 valence electrons. The highest BCUT2D eigenvalue weighted by Gasteiger charge is 2.31. The van der Waals surface area contributed by atoms with Crippen molar-refractivity contribution in [3.05, 3.63) is 41.2 Å². The first kappa shape index (κ1) is 24.4. The van der Waals surface area contributed by atoms with Gasteiger partial charge in [-0.1, -0.05) is 18.2 Å². The topological polar surface area (TPSA) is 90.4 Å². The van der Waals surface area contributed by atoms with Gasteiger partial charge in [-0.25, -0.2) is 0 Å². The summed E-state index contributed by atoms with van der Waals surface area (Å²) in [5, 5.41) is 14.2. The molecule has 1 aromatic carbocycles. The number of H-pyrrole nitrogens is 1. The van der Waals surface area contributed by atoms with Crippen molar-refractivity contribution >= 4 is 40.1 Å². The first-order chi connectivity index (χ1) is 17.3. The van der Waals surface area contributed by atoms with Crippen LogP contribution in [0.15, 0.2) is 24.9 Å². The SMILES string of the molecule is C=CC(=O)N1CCC(n2nc(N3CCN(C(C)=O)CC3)c(-c3c(Cl)c(C)cc4[nH]ncc34)c2C)CC1. The molecular formula is C26H32ClN7O2. The number of hydrogen-bond donors (Lipinski definition) is 1. The summed E-state index contributed by atoms with van der Waals surface area (Å²) in [6.45, 7) is 13.4. The van der Waals surface area contributed by atoms with Gasteiger partial charge in [0.05, 0.1) is 22.8 Å². The summed E-state index contributed by atoms with van der Waals surface area (Å²) in [7, 11) is 0. The number of rotatable bonds is 4. The van der Waals surface area contributed by atoms with Crippen LogP contribution in [0.4, 0.5) is 5.82 Å². The van der Waals surface area contributed by atoms with Gasteiger partial charge < -0.3 is 14.7 Å². The lowest BCUT2D eigenvalue weighted by atomic mass is 9.98. The maximum absolute atomic E-state index is 12.1. The molecule has 4 heterocycles. The Hall–Kier alpha value is -3.33. The Morgan fingerprint density at radius 2 is 1.78 bits per heavy atom. The van der Waals surface area contributed by atoms with Crippen LogP contribution in [-0.2, 0) is 9.59 Å². The number of benzene rings is 1. The van der Waals surface area contributed by atoms with E-state index in [0.29, 0.717) is 44.3 Å². The molecule has 9 nitrogen and oxygen atoms in total. The fourth-order valence-electron chi connectivity index (χ4n) is 5.51. The number of nitrogens with zero attached hydrogens (tertiary/aromatic N) is 6. The molecular weight excluding hydrogens is 478 g/mol. The average Bonchev–Trinajstić information content (AvgIpc) is 3.48. The molecule has 0 unspecified atom stereocenters. The van der Waals surface area contributed by atoms with Gasteiger partial charge in [-0.05, 0) is 44.4 Å². The molecule has 2 saturated heterocycles. The molecule has 2 amide bonds. The third-order valence-corrected chi connectivity index (χ3v) is 8.05. The van der Waals surface area contributed by atoms with Crippen LogP contribution in [-0.4, -0.2) is 80.9 Å². The number of carbonyl (C=O) groups is 2. The van der Waals surface area contributed by atoms with Gasteiger partial charge in [0.1, 0.15) is 0 Å². The standard InChI is InChI=1S/C26H32ClN7O2/c1-5-22(36)32-8-6-19(7-9-32)34-17(3)23(24-20-15-28-29-21(20)14-16(2)25(24)27)26(30-34)33-12-10-31(11-13-33)18(4)35/h5,14-15,19H,1,6-13H2,2-4H3,(H,28,29). The van der Waals surface area contributed by atoms with E-state index in [-0.39, 0.29) is 17.9 Å². The number of anilines is 1. The number of aromatic amines is 1. The van der Waals surface area contributed by atoms with Crippen molar-refractivity contribution in [2.24, 2.45) is 0 Å². The Kier molecular flexibility index (Phi) is 6.51. The number of carbonyl (C=O) groups excluding carboxylic acids is 2. The van der Waals surface area contributed by atoms with Crippen LogP contribution in [0.3, 0.4) is 0 Å². The number of nitrogens with one attached hydrogen (secondary N) is 1. The third kappa shape index (κ3) is 4.15. The molecule has 0 spiro atoms. The van der Waals surface area contributed by atoms with Crippen LogP contribution >= 0.6 is 11.6 Å². The minimum atomic E-state index is -0.0238. The molecule has 0 radical (unpaired) electrons. The molecule has 2 fully saturated rings. The van der Waals surface area contributed by atoms with E-state index in [1.54, 1.807) is 6.92 Å². The zero-order valence-corrected chi connectivity index (χ0v) is 21.8. The Morgan fingerprint density at radius 1 is 1.08 bits per heavy atom. The monoisotopic (exact) mass is 509 g/mol. The van der Waals surface area contributed by atoms with E-state index < -0.39 is 0 Å². The van der Waals surface area contributed by atoms with Gasteiger partial charge in [-0.2, -0.15) is 10.2 Å². The summed E-state index contributed by atoms with van der Waals surface area (Å²) in [6.07, 6.45) is 4.85. The van der Waals surface area contributed by atoms with Gasteiger partial charge >= 0.3 is 0 Å². The van der Waals surface area contributed by atoms with Crippen molar-refractivity contribution in [1.29, 1.82) is 0 Å². The van der Waals surface area contributed by atoms with Gasteiger partial charge in [-0.3, -0.25) is 19.4 Å². The van der Waals surface area contributed by atoms with Crippen molar-refractivity contribution in [3.8, 4) is 11.1 Å². The average molecular weight is 510 g/mol. The van der Waals surface area contributed by atoms with E-state index in [4.69, 9.17) is 16.7 Å². The van der Waals surface area contributed by atoms with Gasteiger partial charge in [-0.15, -0.1) is 0 Å². The van der Waals surface area contributed by atoms with Crippen LogP contribution in [0.2, 0.25) is 5.02 Å². The van der Waals surface area contributed by atoms with Crippen molar-refractivity contribution in [1.82, 2.24) is 29.8 Å². The van der Waals surface area contributed by atoms with Gasteiger partial charge in [0.2, 0.25) is 11.8 Å². The molecule has 5 rings (SSSR count). The Balaban J connectivity index is 1.59. The van der Waals surface area contributed by atoms with Crippen LogP contribution in [0.5, 0.6) is 0 Å². The van der Waals surface area contributed by atoms with Crippen molar-refractivity contribution < 1.29 is 9.59 Å². The van der Waals surface area contributed by atoms with E-state index in [9.17, 15) is 9.59 Å². The number of amides is 2. The number of aromatic nitrogens is 4. The molecule has 1 N–H and O–H groups in total. The molecule has 2 aliphatic rings. The minimum absolute atomic E-state index is 0.0238. The molecule has 0 atom stereocenters. The summed E-state index contributed by atoms with van der Waals surface area (Å²) in [5.41, 5.74) is 4.90. The lowest BCUT2D eigenvalue weighted by molar-refractivity contribution is -0.129. The predicted octanol–water partition coefficient (Wildman–Crippen LogP) is 3.71. The molecule has 0 aliphatic carbocycles. The van der Waals surface area contributed by atoms with Crippen LogP contribution in [0.25, 0.3) is 22.0 Å². The Morgan fingerprint density at radius 3 is 2.42 bits per heavy atom. The van der Waals surface area contributed by atoms with Crippen molar-refractivity contribution in [2.45, 2.75) is 39.7 Å². The number of likely N-dealkylation sites (tertiary alicyclic amines) is 1. The molecule has 2 aliphatic heterocycles. The predicted molar refractivity (Wildman–Crippen MR) is 141 cm³/mol. The van der Waals surface area contributed by atoms with E-state index in [1.807, 2.05) is 29.0 Å². The van der Waals surface area contributed by atoms with Crippen molar-refractivity contribution in [3.63, 3.8) is 0 Å². The fraction of sp³-hybridized carbons (Fsp3) is 0.462. The number of hydrogen-bond acceptors (Lipinski definition) is 5. The second-order valence-corrected chi connectivity index (χ2v) is 10.1. The summed E-state index contributed by atoms with van der Waals surface area (Å²) < 4.78 is 2.13. The number of aryl methyl sites for hydroxylation is 1. The Labute approximate surface area is 215 Å². The largest absolute Gasteiger partial charge is 0.351 e. The molecule has 36 heavy (non-hydrogen) atoms. The summed E-state index contributed by atoms with van der Waals surface area (Å²) >= 11 is 6.97. The maximum atomic E-state index is 12.1. The first-order valence-electron chi connectivity index (χ1n) is 12.4. The minimum Gasteiger partial charge on any atom is -0.351 e. The Bertz CT molecular complexity index is 1330. The lowest BCUT2D eigenvalue weighted by Gasteiger charge is -2.35. The van der Waals surface area contributed by atoms with E-state index >= 15 is 0 Å². The highest BCUT2D eigenvalue weighted by molar-refractivity contribution is 6.36. The summed E-state index contributed by atoms with van der Waals surface area (Å²) in [6, 6.07) is 2.19. The third-order valence-electron chi connectivity index (χ3n) is 7.57. The van der Waals surface area contributed by atoms with Gasteiger partial charge in [0.25, 0.3) is 0 Å². The quantitative estimate of drug-likeness (QED) is 0.541. The highest BCUT2D eigenvalue weighted by atomic mass is 35.5. The number of halogens is 1. The number of piperidine rings is 1. The van der Waals surface area contributed by atoms with E-state index in [0.717, 1.165) is 51.9 Å². The molecule has 0 saturated carbocycles. The van der Waals surface area contributed by atoms with Crippen LogP contribution < -0.4 is 4.90 Å². The normalized spacial score (nSPS) is 17.2. The fourth-order valence-corrected chi connectivity index (χ4v) is 5.76.